The highest BCUT2D eigenvalue weighted by Crippen LogP contribution is 2.19. The molecular formula is C21H21NO3. The van der Waals surface area contributed by atoms with E-state index in [9.17, 15) is 9.59 Å². The van der Waals surface area contributed by atoms with Crippen molar-refractivity contribution in [3.63, 3.8) is 0 Å². The molecule has 0 unspecified atom stereocenters. The molecule has 1 N–H and O–H groups in total. The van der Waals surface area contributed by atoms with Crippen LogP contribution in [0.25, 0.3) is 10.9 Å². The summed E-state index contributed by atoms with van der Waals surface area (Å²) in [7, 11) is 0. The number of rotatable bonds is 5. The van der Waals surface area contributed by atoms with Crippen molar-refractivity contribution in [2.45, 2.75) is 33.3 Å². The molecule has 0 radical (unpaired) electrons. The number of nitrogens with one attached hydrogen (secondary N) is 1. The minimum Gasteiger partial charge on any atom is -0.454 e. The Kier molecular flexibility index (Phi) is 4.70. The normalized spacial score (nSPS) is 12.1. The number of aromatic nitrogens is 1. The topological polar surface area (TPSA) is 59.2 Å². The number of ketones is 1. The van der Waals surface area contributed by atoms with E-state index in [1.807, 2.05) is 62.5 Å². The predicted octanol–water partition coefficient (Wildman–Crippen LogP) is 4.14. The molecule has 0 saturated carbocycles. The summed E-state index contributed by atoms with van der Waals surface area (Å²) < 4.78 is 5.38. The van der Waals surface area contributed by atoms with Crippen LogP contribution in [-0.2, 0) is 16.0 Å². The van der Waals surface area contributed by atoms with Crippen molar-refractivity contribution in [1.29, 1.82) is 0 Å². The first-order chi connectivity index (χ1) is 12.0. The first-order valence-corrected chi connectivity index (χ1v) is 8.31. The van der Waals surface area contributed by atoms with Crippen LogP contribution in [0.4, 0.5) is 0 Å². The number of Topliss-reactive ketones (excluding diaryl/α,β-unsaturated/α-hetero) is 1. The Bertz CT molecular complexity index is 939. The summed E-state index contributed by atoms with van der Waals surface area (Å²) in [5.41, 5.74) is 4.34. The minimum atomic E-state index is -0.807. The number of aryl methyl sites for hydroxylation is 2. The van der Waals surface area contributed by atoms with Crippen LogP contribution in [0.5, 0.6) is 0 Å². The fourth-order valence-corrected chi connectivity index (χ4v) is 2.95. The molecule has 0 aliphatic heterocycles. The van der Waals surface area contributed by atoms with Gasteiger partial charge < -0.3 is 9.72 Å². The molecule has 2 aromatic carbocycles. The van der Waals surface area contributed by atoms with Gasteiger partial charge in [0.05, 0.1) is 6.42 Å². The smallest absolute Gasteiger partial charge is 0.311 e. The molecule has 0 aliphatic carbocycles. The zero-order chi connectivity index (χ0) is 18.0. The number of carbonyl (C=O) groups excluding carboxylic acids is 2. The lowest BCUT2D eigenvalue weighted by molar-refractivity contribution is -0.145. The van der Waals surface area contributed by atoms with Crippen LogP contribution in [0.1, 0.15) is 34.0 Å². The average molecular weight is 335 g/mol. The van der Waals surface area contributed by atoms with E-state index in [0.29, 0.717) is 5.56 Å². The monoisotopic (exact) mass is 335 g/mol. The van der Waals surface area contributed by atoms with Gasteiger partial charge in [-0.25, -0.2) is 0 Å². The maximum Gasteiger partial charge on any atom is 0.311 e. The lowest BCUT2D eigenvalue weighted by Crippen LogP contribution is -2.25. The first-order valence-electron chi connectivity index (χ1n) is 8.31. The van der Waals surface area contributed by atoms with E-state index in [4.69, 9.17) is 4.74 Å². The zero-order valence-corrected chi connectivity index (χ0v) is 14.6. The fraction of sp³-hybridized carbons (Fsp3) is 0.238. The highest BCUT2D eigenvalue weighted by Gasteiger charge is 2.21. The molecule has 4 nitrogen and oxygen atoms in total. The SMILES string of the molecule is Cc1ccc(C)c(C(=O)[C@@H](C)OC(=O)Cc2c[nH]c3ccccc23)c1. The van der Waals surface area contributed by atoms with Crippen molar-refractivity contribution < 1.29 is 14.3 Å². The van der Waals surface area contributed by atoms with Crippen molar-refractivity contribution in [3.05, 3.63) is 70.9 Å². The second kappa shape index (κ2) is 6.93. The number of fused-ring (bicyclic) bond motifs is 1. The maximum atomic E-state index is 12.6. The molecule has 0 aliphatic rings. The Labute approximate surface area is 146 Å². The van der Waals surface area contributed by atoms with Crippen LogP contribution >= 0.6 is 0 Å². The highest BCUT2D eigenvalue weighted by atomic mass is 16.5. The van der Waals surface area contributed by atoms with Gasteiger partial charge in [-0.3, -0.25) is 9.59 Å². The lowest BCUT2D eigenvalue weighted by Gasteiger charge is -2.14. The van der Waals surface area contributed by atoms with Crippen molar-refractivity contribution >= 4 is 22.7 Å². The van der Waals surface area contributed by atoms with Crippen molar-refractivity contribution in [2.75, 3.05) is 0 Å². The molecule has 4 heteroatoms. The molecule has 0 fully saturated rings. The molecule has 0 bridgehead atoms. The third-order valence-electron chi connectivity index (χ3n) is 4.35. The number of benzene rings is 2. The number of hydrogen-bond acceptors (Lipinski definition) is 3. The number of para-hydroxylation sites is 1. The van der Waals surface area contributed by atoms with E-state index < -0.39 is 12.1 Å². The molecule has 3 rings (SSSR count). The van der Waals surface area contributed by atoms with E-state index in [-0.39, 0.29) is 12.2 Å². The van der Waals surface area contributed by atoms with Gasteiger partial charge in [0, 0.05) is 22.7 Å². The largest absolute Gasteiger partial charge is 0.454 e. The van der Waals surface area contributed by atoms with Gasteiger partial charge in [0.2, 0.25) is 5.78 Å². The molecular weight excluding hydrogens is 314 g/mol. The Hall–Kier alpha value is -2.88. The second-order valence-electron chi connectivity index (χ2n) is 6.35. The summed E-state index contributed by atoms with van der Waals surface area (Å²) in [5, 5.41) is 0.993. The van der Waals surface area contributed by atoms with E-state index in [1.54, 1.807) is 6.92 Å². The Balaban J connectivity index is 1.70. The number of hydrogen-bond donors (Lipinski definition) is 1. The third-order valence-corrected chi connectivity index (χ3v) is 4.35. The van der Waals surface area contributed by atoms with E-state index in [1.165, 1.54) is 0 Å². The maximum absolute atomic E-state index is 12.6. The Morgan fingerprint density at radius 2 is 1.88 bits per heavy atom. The number of ether oxygens (including phenoxy) is 1. The summed E-state index contributed by atoms with van der Waals surface area (Å²) in [4.78, 5) is 28.0. The van der Waals surface area contributed by atoms with Crippen LogP contribution in [0, 0.1) is 13.8 Å². The molecule has 0 spiro atoms. The average Bonchev–Trinajstić information content (AvgIpc) is 2.99. The Morgan fingerprint density at radius 1 is 1.12 bits per heavy atom. The summed E-state index contributed by atoms with van der Waals surface area (Å²) >= 11 is 0. The number of esters is 1. The van der Waals surface area contributed by atoms with Gasteiger partial charge in [0.1, 0.15) is 0 Å². The summed E-state index contributed by atoms with van der Waals surface area (Å²) in [6.07, 6.45) is 1.13. The molecule has 128 valence electrons. The van der Waals surface area contributed by atoms with Gasteiger partial charge in [0.25, 0.3) is 0 Å². The fourth-order valence-electron chi connectivity index (χ4n) is 2.95. The number of carbonyl (C=O) groups is 2. The van der Waals surface area contributed by atoms with E-state index >= 15 is 0 Å². The molecule has 1 atom stereocenters. The lowest BCUT2D eigenvalue weighted by atomic mass is 9.99. The summed E-state index contributed by atoms with van der Waals surface area (Å²) in [6.45, 7) is 5.44. The predicted molar refractivity (Wildman–Crippen MR) is 97.8 cm³/mol. The molecule has 1 heterocycles. The summed E-state index contributed by atoms with van der Waals surface area (Å²) in [6, 6.07) is 13.5. The van der Waals surface area contributed by atoms with Crippen LogP contribution in [-0.4, -0.2) is 22.8 Å². The van der Waals surface area contributed by atoms with Gasteiger partial charge in [-0.15, -0.1) is 0 Å². The van der Waals surface area contributed by atoms with Crippen LogP contribution in [0.15, 0.2) is 48.7 Å². The Morgan fingerprint density at radius 3 is 2.68 bits per heavy atom. The molecule has 3 aromatic rings. The molecule has 0 amide bonds. The highest BCUT2D eigenvalue weighted by molar-refractivity contribution is 6.01. The van der Waals surface area contributed by atoms with Crippen molar-refractivity contribution in [3.8, 4) is 0 Å². The van der Waals surface area contributed by atoms with E-state index in [0.717, 1.165) is 27.6 Å². The molecule has 1 aromatic heterocycles. The second-order valence-corrected chi connectivity index (χ2v) is 6.35. The van der Waals surface area contributed by atoms with E-state index in [2.05, 4.69) is 4.98 Å². The van der Waals surface area contributed by atoms with Gasteiger partial charge in [-0.05, 0) is 44.0 Å². The van der Waals surface area contributed by atoms with Crippen molar-refractivity contribution in [1.82, 2.24) is 4.98 Å². The van der Waals surface area contributed by atoms with Gasteiger partial charge in [0.15, 0.2) is 6.10 Å². The first kappa shape index (κ1) is 17.0. The number of aromatic amines is 1. The standard InChI is InChI=1S/C21H21NO3/c1-13-8-9-14(2)18(10-13)21(24)15(3)25-20(23)11-16-12-22-19-7-5-4-6-17(16)19/h4-10,12,15,22H,11H2,1-3H3/t15-/m1/s1. The van der Waals surface area contributed by atoms with Gasteiger partial charge >= 0.3 is 5.97 Å². The van der Waals surface area contributed by atoms with Gasteiger partial charge in [-0.1, -0.05) is 35.9 Å². The van der Waals surface area contributed by atoms with Crippen molar-refractivity contribution in [2.24, 2.45) is 0 Å². The van der Waals surface area contributed by atoms with Crippen LogP contribution in [0.3, 0.4) is 0 Å². The number of H-pyrrole nitrogens is 1. The quantitative estimate of drug-likeness (QED) is 0.563. The third kappa shape index (κ3) is 3.63. The van der Waals surface area contributed by atoms with Crippen LogP contribution < -0.4 is 0 Å². The molecule has 0 saturated heterocycles. The minimum absolute atomic E-state index is 0.133. The summed E-state index contributed by atoms with van der Waals surface area (Å²) in [5.74, 6) is -0.579. The van der Waals surface area contributed by atoms with Crippen LogP contribution in [0.2, 0.25) is 0 Å². The zero-order valence-electron chi connectivity index (χ0n) is 14.6. The molecule has 25 heavy (non-hydrogen) atoms. The van der Waals surface area contributed by atoms with Gasteiger partial charge in [-0.2, -0.15) is 0 Å².